The molecule has 0 aromatic rings. The predicted molar refractivity (Wildman–Crippen MR) is 83.4 cm³/mol. The van der Waals surface area contributed by atoms with Crippen LogP contribution in [0.4, 0.5) is 0 Å². The monoisotopic (exact) mass is 279 g/mol. The van der Waals surface area contributed by atoms with Crippen molar-refractivity contribution in [1.82, 2.24) is 0 Å². The molecule has 0 heterocycles. The smallest absolute Gasteiger partial charge is 0.306 e. The van der Waals surface area contributed by atoms with E-state index in [-0.39, 0.29) is 41.6 Å². The van der Waals surface area contributed by atoms with Crippen LogP contribution in [0.3, 0.4) is 0 Å². The number of ether oxygens (including phenoxy) is 1. The normalized spacial score (nSPS) is 11.7. The molecule has 0 spiro atoms. The van der Waals surface area contributed by atoms with Crippen LogP contribution in [-0.4, -0.2) is 41.6 Å². The number of carbonyl (C=O) groups is 1. The molecule has 0 rings (SSSR count). The Kier molecular flexibility index (Phi) is 18.9. The van der Waals surface area contributed by atoms with Gasteiger partial charge in [-0.2, -0.15) is 0 Å². The van der Waals surface area contributed by atoms with Crippen molar-refractivity contribution in [2.24, 2.45) is 0 Å². The molecular formula is C16H32NaO2. The molecule has 0 amide bonds. The molecule has 0 aliphatic heterocycles. The van der Waals surface area contributed by atoms with Crippen LogP contribution in [0.25, 0.3) is 0 Å². The molecule has 0 aromatic carbocycles. The van der Waals surface area contributed by atoms with Gasteiger partial charge in [0.1, 0.15) is 0 Å². The number of carbonyl (C=O) groups excluding carboxylic acids is 1. The van der Waals surface area contributed by atoms with Crippen molar-refractivity contribution in [3.05, 3.63) is 0 Å². The van der Waals surface area contributed by atoms with Gasteiger partial charge in [-0.15, -0.1) is 0 Å². The minimum atomic E-state index is -0.00726. The molecule has 1 unspecified atom stereocenters. The summed E-state index contributed by atoms with van der Waals surface area (Å²) >= 11 is 0. The fourth-order valence-corrected chi connectivity index (χ4v) is 2.06. The first kappa shape index (κ1) is 21.8. The Balaban J connectivity index is 0. The summed E-state index contributed by atoms with van der Waals surface area (Å²) in [5, 5.41) is 0. The van der Waals surface area contributed by atoms with Gasteiger partial charge in [0, 0.05) is 36.0 Å². The summed E-state index contributed by atoms with van der Waals surface area (Å²) in [5.41, 5.74) is 0. The van der Waals surface area contributed by atoms with Gasteiger partial charge in [0.15, 0.2) is 0 Å². The quantitative estimate of drug-likeness (QED) is 0.289. The summed E-state index contributed by atoms with van der Waals surface area (Å²) in [4.78, 5) is 11.5. The second-order valence-corrected chi connectivity index (χ2v) is 5.31. The van der Waals surface area contributed by atoms with Crippen molar-refractivity contribution in [2.75, 3.05) is 0 Å². The van der Waals surface area contributed by atoms with Gasteiger partial charge in [0.05, 0.1) is 6.10 Å². The van der Waals surface area contributed by atoms with Crippen LogP contribution in [0.2, 0.25) is 0 Å². The molecule has 1 radical (unpaired) electrons. The van der Waals surface area contributed by atoms with Gasteiger partial charge in [-0.1, -0.05) is 65.2 Å². The van der Waals surface area contributed by atoms with E-state index in [9.17, 15) is 4.79 Å². The van der Waals surface area contributed by atoms with E-state index in [1.165, 1.54) is 44.9 Å². The third kappa shape index (κ3) is 16.4. The minimum Gasteiger partial charge on any atom is -0.463 e. The van der Waals surface area contributed by atoms with Crippen molar-refractivity contribution in [3.63, 3.8) is 0 Å². The maximum absolute atomic E-state index is 11.5. The van der Waals surface area contributed by atoms with E-state index in [4.69, 9.17) is 4.74 Å². The van der Waals surface area contributed by atoms with Crippen LogP contribution in [0.5, 0.6) is 0 Å². The summed E-state index contributed by atoms with van der Waals surface area (Å²) in [6.45, 7) is 6.39. The molecule has 1 atom stereocenters. The molecule has 0 aliphatic rings. The molecule has 0 fully saturated rings. The third-order valence-corrected chi connectivity index (χ3v) is 3.28. The van der Waals surface area contributed by atoms with Crippen LogP contribution >= 0.6 is 0 Å². The first-order valence-electron chi connectivity index (χ1n) is 7.90. The maximum atomic E-state index is 11.5. The second-order valence-electron chi connectivity index (χ2n) is 5.31. The van der Waals surface area contributed by atoms with Crippen LogP contribution in [0.1, 0.15) is 91.4 Å². The van der Waals surface area contributed by atoms with Crippen molar-refractivity contribution in [2.45, 2.75) is 97.5 Å². The van der Waals surface area contributed by atoms with Crippen molar-refractivity contribution in [3.8, 4) is 0 Å². The van der Waals surface area contributed by atoms with Gasteiger partial charge in [-0.3, -0.25) is 4.79 Å². The maximum Gasteiger partial charge on any atom is 0.306 e. The molecule has 0 bridgehead atoms. The Morgan fingerprint density at radius 3 is 2.00 bits per heavy atom. The molecule has 0 aromatic heterocycles. The van der Waals surface area contributed by atoms with Crippen molar-refractivity contribution in [1.29, 1.82) is 0 Å². The topological polar surface area (TPSA) is 26.3 Å². The first-order chi connectivity index (χ1) is 8.70. The third-order valence-electron chi connectivity index (χ3n) is 3.28. The van der Waals surface area contributed by atoms with E-state index >= 15 is 0 Å². The summed E-state index contributed by atoms with van der Waals surface area (Å²) < 4.78 is 5.36. The van der Waals surface area contributed by atoms with E-state index in [0.29, 0.717) is 6.42 Å². The standard InChI is InChI=1S/C16H32O2.Na/c1-4-6-8-9-10-11-12-14-16(17)18-15(3)13-7-5-2;/h15H,4-14H2,1-3H3;. The number of rotatable bonds is 12. The van der Waals surface area contributed by atoms with Crippen molar-refractivity contribution < 1.29 is 9.53 Å². The van der Waals surface area contributed by atoms with E-state index in [0.717, 1.165) is 19.3 Å². The predicted octanol–water partition coefficient (Wildman–Crippen LogP) is 4.87. The zero-order chi connectivity index (χ0) is 13.6. The molecule has 2 nitrogen and oxygen atoms in total. The van der Waals surface area contributed by atoms with E-state index in [1.807, 2.05) is 6.92 Å². The second kappa shape index (κ2) is 16.5. The van der Waals surface area contributed by atoms with E-state index in [1.54, 1.807) is 0 Å². The van der Waals surface area contributed by atoms with Gasteiger partial charge >= 0.3 is 5.97 Å². The average Bonchev–Trinajstić information content (AvgIpc) is 2.35. The van der Waals surface area contributed by atoms with Gasteiger partial charge in [0.25, 0.3) is 0 Å². The zero-order valence-corrected chi connectivity index (χ0v) is 15.7. The fourth-order valence-electron chi connectivity index (χ4n) is 2.06. The summed E-state index contributed by atoms with van der Waals surface area (Å²) in [5.74, 6) is -0.00726. The first-order valence-corrected chi connectivity index (χ1v) is 7.90. The van der Waals surface area contributed by atoms with E-state index in [2.05, 4.69) is 13.8 Å². The SMILES string of the molecule is CCCCCCCCCC(=O)OC(C)CCCC.[Na]. The van der Waals surface area contributed by atoms with Gasteiger partial charge < -0.3 is 4.74 Å². The van der Waals surface area contributed by atoms with E-state index < -0.39 is 0 Å². The number of hydrogen-bond acceptors (Lipinski definition) is 2. The number of unbranched alkanes of at least 4 members (excludes halogenated alkanes) is 7. The summed E-state index contributed by atoms with van der Waals surface area (Å²) in [6.07, 6.45) is 12.7. The summed E-state index contributed by atoms with van der Waals surface area (Å²) in [6, 6.07) is 0. The number of hydrogen-bond donors (Lipinski definition) is 0. The van der Waals surface area contributed by atoms with Crippen molar-refractivity contribution >= 4 is 35.5 Å². The Hall–Kier alpha value is 0.470. The van der Waals surface area contributed by atoms with Crippen LogP contribution < -0.4 is 0 Å². The fraction of sp³-hybridized carbons (Fsp3) is 0.938. The molecule has 0 aliphatic carbocycles. The Morgan fingerprint density at radius 1 is 0.895 bits per heavy atom. The number of esters is 1. The zero-order valence-electron chi connectivity index (χ0n) is 13.7. The molecule has 109 valence electrons. The molecular weight excluding hydrogens is 247 g/mol. The van der Waals surface area contributed by atoms with Gasteiger partial charge in [-0.25, -0.2) is 0 Å². The molecule has 3 heteroatoms. The minimum absolute atomic E-state index is 0. The van der Waals surface area contributed by atoms with Crippen LogP contribution in [-0.2, 0) is 9.53 Å². The van der Waals surface area contributed by atoms with Crippen LogP contribution in [0, 0.1) is 0 Å². The average molecular weight is 279 g/mol. The van der Waals surface area contributed by atoms with Gasteiger partial charge in [0.2, 0.25) is 0 Å². The molecule has 0 saturated carbocycles. The van der Waals surface area contributed by atoms with Gasteiger partial charge in [-0.05, 0) is 19.8 Å². The largest absolute Gasteiger partial charge is 0.463 e. The molecule has 0 saturated heterocycles. The Bertz CT molecular complexity index is 195. The Labute approximate surface area is 142 Å². The molecule has 19 heavy (non-hydrogen) atoms. The Morgan fingerprint density at radius 2 is 1.42 bits per heavy atom. The molecule has 0 N–H and O–H groups in total. The van der Waals surface area contributed by atoms with Crippen LogP contribution in [0.15, 0.2) is 0 Å². The summed E-state index contributed by atoms with van der Waals surface area (Å²) in [7, 11) is 0.